The summed E-state index contributed by atoms with van der Waals surface area (Å²) in [6.07, 6.45) is 0. The van der Waals surface area contributed by atoms with Gasteiger partial charge >= 0.3 is 0 Å². The predicted octanol–water partition coefficient (Wildman–Crippen LogP) is 1.83. The van der Waals surface area contributed by atoms with Gasteiger partial charge in [0.25, 0.3) is 0 Å². The van der Waals surface area contributed by atoms with Crippen LogP contribution in [0.25, 0.3) is 0 Å². The van der Waals surface area contributed by atoms with E-state index in [4.69, 9.17) is 9.47 Å². The monoisotopic (exact) mass is 294 g/mol. The van der Waals surface area contributed by atoms with Gasteiger partial charge in [0, 0.05) is 13.1 Å². The van der Waals surface area contributed by atoms with Crippen molar-refractivity contribution >= 4 is 5.91 Å². The molecule has 2 N–H and O–H groups in total. The molecule has 1 aromatic carbocycles. The molecule has 1 aromatic rings. The molecule has 0 saturated carbocycles. The molecule has 0 atom stereocenters. The van der Waals surface area contributed by atoms with E-state index in [1.165, 1.54) is 0 Å². The lowest BCUT2D eigenvalue weighted by Crippen LogP contribution is -2.37. The number of hydrogen-bond acceptors (Lipinski definition) is 4. The second kappa shape index (κ2) is 10.0. The number of ether oxygens (including phenoxy) is 2. The van der Waals surface area contributed by atoms with Gasteiger partial charge in [-0.25, -0.2) is 0 Å². The molecule has 0 unspecified atom stereocenters. The molecule has 0 radical (unpaired) electrons. The van der Waals surface area contributed by atoms with Gasteiger partial charge in [-0.2, -0.15) is 0 Å². The molecule has 0 fully saturated rings. The third kappa shape index (κ3) is 7.56. The molecule has 21 heavy (non-hydrogen) atoms. The molecular weight excluding hydrogens is 268 g/mol. The van der Waals surface area contributed by atoms with Gasteiger partial charge in [0.05, 0.1) is 13.2 Å². The van der Waals surface area contributed by atoms with Crippen LogP contribution in [0, 0.1) is 5.92 Å². The third-order valence-corrected chi connectivity index (χ3v) is 2.68. The first-order valence-electron chi connectivity index (χ1n) is 7.45. The predicted molar refractivity (Wildman–Crippen MR) is 83.8 cm³/mol. The van der Waals surface area contributed by atoms with Crippen molar-refractivity contribution in [2.24, 2.45) is 5.92 Å². The summed E-state index contributed by atoms with van der Waals surface area (Å²) >= 11 is 0. The van der Waals surface area contributed by atoms with Gasteiger partial charge in [-0.15, -0.1) is 0 Å². The highest BCUT2D eigenvalue weighted by atomic mass is 16.5. The van der Waals surface area contributed by atoms with Gasteiger partial charge in [0.1, 0.15) is 6.61 Å². The summed E-state index contributed by atoms with van der Waals surface area (Å²) in [5.41, 5.74) is 0. The van der Waals surface area contributed by atoms with Crippen LogP contribution in [0.3, 0.4) is 0 Å². The van der Waals surface area contributed by atoms with Crippen molar-refractivity contribution < 1.29 is 14.3 Å². The Bertz CT molecular complexity index is 422. The first kappa shape index (κ1) is 17.3. The van der Waals surface area contributed by atoms with E-state index < -0.39 is 0 Å². The smallest absolute Gasteiger partial charge is 0.233 e. The second-order valence-electron chi connectivity index (χ2n) is 5.10. The fourth-order valence-corrected chi connectivity index (χ4v) is 1.66. The Labute approximate surface area is 127 Å². The Morgan fingerprint density at radius 1 is 1.19 bits per heavy atom. The first-order chi connectivity index (χ1) is 10.1. The van der Waals surface area contributed by atoms with Crippen molar-refractivity contribution in [1.82, 2.24) is 10.6 Å². The van der Waals surface area contributed by atoms with Crippen molar-refractivity contribution in [1.29, 1.82) is 0 Å². The molecule has 0 aromatic heterocycles. The molecule has 5 nitrogen and oxygen atoms in total. The fraction of sp³-hybridized carbons (Fsp3) is 0.562. The van der Waals surface area contributed by atoms with Crippen LogP contribution in [0.2, 0.25) is 0 Å². The molecule has 1 rings (SSSR count). The van der Waals surface area contributed by atoms with Crippen LogP contribution < -0.4 is 20.1 Å². The SMILES string of the molecule is CCOc1ccccc1OCCNCC(=O)NCC(C)C. The summed E-state index contributed by atoms with van der Waals surface area (Å²) in [4.78, 5) is 11.5. The van der Waals surface area contributed by atoms with Crippen LogP contribution in [0.15, 0.2) is 24.3 Å². The number of para-hydroxylation sites is 2. The van der Waals surface area contributed by atoms with Crippen LogP contribution in [0.1, 0.15) is 20.8 Å². The van der Waals surface area contributed by atoms with E-state index in [9.17, 15) is 4.79 Å². The van der Waals surface area contributed by atoms with E-state index in [0.29, 0.717) is 38.8 Å². The van der Waals surface area contributed by atoms with E-state index in [-0.39, 0.29) is 5.91 Å². The van der Waals surface area contributed by atoms with E-state index in [1.54, 1.807) is 0 Å². The maximum absolute atomic E-state index is 11.5. The van der Waals surface area contributed by atoms with Crippen LogP contribution in [0.4, 0.5) is 0 Å². The summed E-state index contributed by atoms with van der Waals surface area (Å²) in [5.74, 6) is 1.95. The summed E-state index contributed by atoms with van der Waals surface area (Å²) in [7, 11) is 0. The zero-order chi connectivity index (χ0) is 15.5. The number of carbonyl (C=O) groups excluding carboxylic acids is 1. The van der Waals surface area contributed by atoms with Gasteiger partial charge in [0.2, 0.25) is 5.91 Å². The molecule has 0 aliphatic carbocycles. The number of nitrogens with one attached hydrogen (secondary N) is 2. The van der Waals surface area contributed by atoms with E-state index >= 15 is 0 Å². The summed E-state index contributed by atoms with van der Waals surface area (Å²) in [5, 5.41) is 5.91. The summed E-state index contributed by atoms with van der Waals surface area (Å²) < 4.78 is 11.1. The van der Waals surface area contributed by atoms with Crippen LogP contribution in [0.5, 0.6) is 11.5 Å². The lowest BCUT2D eigenvalue weighted by atomic mass is 10.2. The minimum Gasteiger partial charge on any atom is -0.490 e. The minimum atomic E-state index is 0.0124. The Morgan fingerprint density at radius 3 is 2.48 bits per heavy atom. The summed E-state index contributed by atoms with van der Waals surface area (Å²) in [6.45, 7) is 8.79. The largest absolute Gasteiger partial charge is 0.490 e. The van der Waals surface area contributed by atoms with Gasteiger partial charge in [-0.3, -0.25) is 4.79 Å². The standard InChI is InChI=1S/C16H26N2O3/c1-4-20-14-7-5-6-8-15(14)21-10-9-17-12-16(19)18-11-13(2)3/h5-8,13,17H,4,9-12H2,1-3H3,(H,18,19). The van der Waals surface area contributed by atoms with Crippen LogP contribution in [-0.2, 0) is 4.79 Å². The zero-order valence-electron chi connectivity index (χ0n) is 13.1. The highest BCUT2D eigenvalue weighted by Gasteiger charge is 2.04. The Morgan fingerprint density at radius 2 is 1.86 bits per heavy atom. The molecule has 0 aliphatic rings. The highest BCUT2D eigenvalue weighted by molar-refractivity contribution is 5.77. The van der Waals surface area contributed by atoms with E-state index in [1.807, 2.05) is 31.2 Å². The number of rotatable bonds is 10. The maximum Gasteiger partial charge on any atom is 0.233 e. The van der Waals surface area contributed by atoms with Crippen molar-refractivity contribution in [3.63, 3.8) is 0 Å². The highest BCUT2D eigenvalue weighted by Crippen LogP contribution is 2.25. The van der Waals surface area contributed by atoms with Crippen molar-refractivity contribution in [2.75, 3.05) is 32.8 Å². The molecule has 0 bridgehead atoms. The fourth-order valence-electron chi connectivity index (χ4n) is 1.66. The molecule has 0 aliphatic heterocycles. The number of carbonyl (C=O) groups is 1. The van der Waals surface area contributed by atoms with Gasteiger partial charge in [-0.05, 0) is 25.0 Å². The van der Waals surface area contributed by atoms with E-state index in [2.05, 4.69) is 24.5 Å². The average Bonchev–Trinajstić information content (AvgIpc) is 2.46. The van der Waals surface area contributed by atoms with Crippen LogP contribution in [-0.4, -0.2) is 38.8 Å². The minimum absolute atomic E-state index is 0.0124. The lowest BCUT2D eigenvalue weighted by molar-refractivity contribution is -0.120. The average molecular weight is 294 g/mol. The van der Waals surface area contributed by atoms with Crippen molar-refractivity contribution in [3.05, 3.63) is 24.3 Å². The molecule has 1 amide bonds. The number of benzene rings is 1. The van der Waals surface area contributed by atoms with Gasteiger partial charge < -0.3 is 20.1 Å². The summed E-state index contributed by atoms with van der Waals surface area (Å²) in [6, 6.07) is 7.58. The molecular formula is C16H26N2O3. The van der Waals surface area contributed by atoms with Gasteiger partial charge in [-0.1, -0.05) is 26.0 Å². The molecule has 0 spiro atoms. The maximum atomic E-state index is 11.5. The van der Waals surface area contributed by atoms with Crippen LogP contribution >= 0.6 is 0 Å². The Kier molecular flexibility index (Phi) is 8.28. The quantitative estimate of drug-likeness (QED) is 0.646. The second-order valence-corrected chi connectivity index (χ2v) is 5.10. The zero-order valence-corrected chi connectivity index (χ0v) is 13.1. The van der Waals surface area contributed by atoms with E-state index in [0.717, 1.165) is 11.5 Å². The van der Waals surface area contributed by atoms with Gasteiger partial charge in [0.15, 0.2) is 11.5 Å². The number of amides is 1. The normalized spacial score (nSPS) is 10.5. The molecule has 118 valence electrons. The third-order valence-electron chi connectivity index (χ3n) is 2.68. The Balaban J connectivity index is 2.18. The van der Waals surface area contributed by atoms with Crippen molar-refractivity contribution in [2.45, 2.75) is 20.8 Å². The topological polar surface area (TPSA) is 59.6 Å². The molecule has 0 saturated heterocycles. The Hall–Kier alpha value is -1.75. The molecule has 0 heterocycles. The van der Waals surface area contributed by atoms with Crippen molar-refractivity contribution in [3.8, 4) is 11.5 Å². The first-order valence-corrected chi connectivity index (χ1v) is 7.45. The lowest BCUT2D eigenvalue weighted by Gasteiger charge is -2.12. The molecule has 5 heteroatoms. The number of hydrogen-bond donors (Lipinski definition) is 2.